The normalized spacial score (nSPS) is 10.8. The first-order chi connectivity index (χ1) is 12.4. The minimum atomic E-state index is -0.542. The number of allylic oxidation sites excluding steroid dienone is 1. The summed E-state index contributed by atoms with van der Waals surface area (Å²) in [5.41, 5.74) is 2.93. The maximum absolute atomic E-state index is 11.6. The molecule has 0 unspecified atom stereocenters. The maximum Gasteiger partial charge on any atom is 0.338 e. The average Bonchev–Trinajstić information content (AvgIpc) is 2.64. The second-order valence-electron chi connectivity index (χ2n) is 5.64. The topological polar surface area (TPSA) is 61.8 Å². The molecule has 0 amide bonds. The Labute approximate surface area is 152 Å². The largest absolute Gasteiger partial charge is 0.497 e. The molecule has 26 heavy (non-hydrogen) atoms. The van der Waals surface area contributed by atoms with Crippen molar-refractivity contribution in [2.75, 3.05) is 7.11 Å². The Morgan fingerprint density at radius 3 is 2.27 bits per heavy atom. The molecule has 0 saturated heterocycles. The molecule has 0 aliphatic carbocycles. The average molecular weight is 352 g/mol. The fraction of sp³-hybridized carbons (Fsp3) is 0.143. The van der Waals surface area contributed by atoms with Crippen molar-refractivity contribution in [3.05, 3.63) is 65.7 Å². The van der Waals surface area contributed by atoms with E-state index in [-0.39, 0.29) is 11.3 Å². The number of esters is 1. The number of rotatable bonds is 7. The van der Waals surface area contributed by atoms with E-state index < -0.39 is 5.97 Å². The SMILES string of the molecule is C=C(C)C(=O)Oc1ccc(/C=C(\C)c2ccc(OC)cc2)c(OC=O)c1. The first-order valence-corrected chi connectivity index (χ1v) is 7.89. The highest BCUT2D eigenvalue weighted by atomic mass is 16.5. The first-order valence-electron chi connectivity index (χ1n) is 7.89. The lowest BCUT2D eigenvalue weighted by Gasteiger charge is -2.09. The summed E-state index contributed by atoms with van der Waals surface area (Å²) in [6, 6.07) is 12.5. The van der Waals surface area contributed by atoms with Crippen molar-refractivity contribution in [2.24, 2.45) is 0 Å². The van der Waals surface area contributed by atoms with Crippen LogP contribution in [0.2, 0.25) is 0 Å². The predicted octanol–water partition coefficient (Wildman–Crippen LogP) is 4.27. The standard InChI is InChI=1S/C21H20O5/c1-14(2)21(23)26-19-10-7-17(20(12-19)25-13-22)11-15(3)16-5-8-18(24-4)9-6-16/h5-13H,1H2,2-4H3/b15-11+. The molecule has 0 bridgehead atoms. The van der Waals surface area contributed by atoms with Crippen molar-refractivity contribution in [1.82, 2.24) is 0 Å². The second kappa shape index (κ2) is 8.67. The molecule has 134 valence electrons. The lowest BCUT2D eigenvalue weighted by atomic mass is 10.0. The molecule has 0 fully saturated rings. The molecular formula is C21H20O5. The second-order valence-corrected chi connectivity index (χ2v) is 5.64. The molecular weight excluding hydrogens is 332 g/mol. The number of ether oxygens (including phenoxy) is 3. The van der Waals surface area contributed by atoms with E-state index in [2.05, 4.69) is 6.58 Å². The van der Waals surface area contributed by atoms with Crippen LogP contribution < -0.4 is 14.2 Å². The van der Waals surface area contributed by atoms with Crippen LogP contribution in [0.3, 0.4) is 0 Å². The minimum Gasteiger partial charge on any atom is -0.497 e. The van der Waals surface area contributed by atoms with Crippen molar-refractivity contribution in [2.45, 2.75) is 13.8 Å². The van der Waals surface area contributed by atoms with E-state index >= 15 is 0 Å². The Morgan fingerprint density at radius 1 is 1.04 bits per heavy atom. The van der Waals surface area contributed by atoms with Gasteiger partial charge < -0.3 is 14.2 Å². The van der Waals surface area contributed by atoms with Gasteiger partial charge in [-0.25, -0.2) is 4.79 Å². The van der Waals surface area contributed by atoms with Gasteiger partial charge in [-0.2, -0.15) is 0 Å². The van der Waals surface area contributed by atoms with Crippen LogP contribution in [0.5, 0.6) is 17.2 Å². The lowest BCUT2D eigenvalue weighted by Crippen LogP contribution is -2.08. The number of methoxy groups -OCH3 is 1. The van der Waals surface area contributed by atoms with Crippen molar-refractivity contribution < 1.29 is 23.8 Å². The maximum atomic E-state index is 11.6. The van der Waals surface area contributed by atoms with Gasteiger partial charge in [0.15, 0.2) is 0 Å². The Morgan fingerprint density at radius 2 is 1.69 bits per heavy atom. The van der Waals surface area contributed by atoms with Crippen LogP contribution in [0.1, 0.15) is 25.0 Å². The number of hydrogen-bond donors (Lipinski definition) is 0. The van der Waals surface area contributed by atoms with Crippen LogP contribution in [0.25, 0.3) is 11.6 Å². The summed E-state index contributed by atoms with van der Waals surface area (Å²) in [6.07, 6.45) is 1.88. The summed E-state index contributed by atoms with van der Waals surface area (Å²) in [4.78, 5) is 22.4. The molecule has 2 aromatic rings. The molecule has 0 atom stereocenters. The van der Waals surface area contributed by atoms with E-state index in [1.165, 1.54) is 6.07 Å². The zero-order valence-corrected chi connectivity index (χ0v) is 14.9. The number of carbonyl (C=O) groups excluding carboxylic acids is 2. The Hall–Kier alpha value is -3.34. The number of carbonyl (C=O) groups is 2. The molecule has 0 aliphatic heterocycles. The van der Waals surface area contributed by atoms with Crippen molar-refractivity contribution in [3.8, 4) is 17.2 Å². The summed E-state index contributed by atoms with van der Waals surface area (Å²) >= 11 is 0. The molecule has 0 spiro atoms. The molecule has 5 nitrogen and oxygen atoms in total. The minimum absolute atomic E-state index is 0.272. The molecule has 0 saturated carbocycles. The molecule has 2 aromatic carbocycles. The monoisotopic (exact) mass is 352 g/mol. The van der Waals surface area contributed by atoms with Crippen LogP contribution in [-0.4, -0.2) is 19.6 Å². The van der Waals surface area contributed by atoms with Gasteiger partial charge in [0.1, 0.15) is 17.2 Å². The highest BCUT2D eigenvalue weighted by Crippen LogP contribution is 2.29. The van der Waals surface area contributed by atoms with Crippen LogP contribution in [0, 0.1) is 0 Å². The summed E-state index contributed by atoms with van der Waals surface area (Å²) in [7, 11) is 1.61. The quantitative estimate of drug-likeness (QED) is 0.245. The van der Waals surface area contributed by atoms with E-state index in [1.54, 1.807) is 26.2 Å². The van der Waals surface area contributed by atoms with Crippen LogP contribution >= 0.6 is 0 Å². The van der Waals surface area contributed by atoms with E-state index in [0.29, 0.717) is 17.8 Å². The Kier molecular flexibility index (Phi) is 6.33. The molecule has 0 radical (unpaired) electrons. The van der Waals surface area contributed by atoms with E-state index in [1.807, 2.05) is 37.3 Å². The first kappa shape index (κ1) is 19.0. The van der Waals surface area contributed by atoms with Crippen LogP contribution in [0.15, 0.2) is 54.6 Å². The van der Waals surface area contributed by atoms with Gasteiger partial charge in [0.25, 0.3) is 6.47 Å². The highest BCUT2D eigenvalue weighted by Gasteiger charge is 2.10. The predicted molar refractivity (Wildman–Crippen MR) is 100 cm³/mol. The molecule has 0 aromatic heterocycles. The van der Waals surface area contributed by atoms with Gasteiger partial charge in [0, 0.05) is 17.2 Å². The van der Waals surface area contributed by atoms with Crippen LogP contribution in [-0.2, 0) is 9.59 Å². The molecule has 5 heteroatoms. The van der Waals surface area contributed by atoms with Crippen molar-refractivity contribution in [3.63, 3.8) is 0 Å². The zero-order chi connectivity index (χ0) is 19.1. The number of hydrogen-bond acceptors (Lipinski definition) is 5. The summed E-state index contributed by atoms with van der Waals surface area (Å²) in [6.45, 7) is 7.37. The number of benzene rings is 2. The van der Waals surface area contributed by atoms with Crippen molar-refractivity contribution in [1.29, 1.82) is 0 Å². The summed E-state index contributed by atoms with van der Waals surface area (Å²) in [5.74, 6) is 0.795. The van der Waals surface area contributed by atoms with Gasteiger partial charge >= 0.3 is 5.97 Å². The smallest absolute Gasteiger partial charge is 0.338 e. The summed E-state index contributed by atoms with van der Waals surface area (Å²) in [5, 5.41) is 0. The third-order valence-corrected chi connectivity index (χ3v) is 3.64. The van der Waals surface area contributed by atoms with E-state index in [9.17, 15) is 9.59 Å². The Bertz CT molecular complexity index is 847. The summed E-state index contributed by atoms with van der Waals surface area (Å²) < 4.78 is 15.4. The van der Waals surface area contributed by atoms with Gasteiger partial charge in [0.05, 0.1) is 7.11 Å². The fourth-order valence-corrected chi connectivity index (χ4v) is 2.22. The Balaban J connectivity index is 2.32. The van der Waals surface area contributed by atoms with Crippen LogP contribution in [0.4, 0.5) is 0 Å². The fourth-order valence-electron chi connectivity index (χ4n) is 2.22. The van der Waals surface area contributed by atoms with Gasteiger partial charge in [-0.05, 0) is 55.3 Å². The molecule has 0 heterocycles. The van der Waals surface area contributed by atoms with Crippen molar-refractivity contribution >= 4 is 24.1 Å². The lowest BCUT2D eigenvalue weighted by molar-refractivity contribution is -0.130. The highest BCUT2D eigenvalue weighted by molar-refractivity contribution is 5.89. The van der Waals surface area contributed by atoms with Gasteiger partial charge in [-0.3, -0.25) is 4.79 Å². The van der Waals surface area contributed by atoms with Gasteiger partial charge in [0.2, 0.25) is 0 Å². The molecule has 0 N–H and O–H groups in total. The van der Waals surface area contributed by atoms with E-state index in [4.69, 9.17) is 14.2 Å². The van der Waals surface area contributed by atoms with E-state index in [0.717, 1.165) is 16.9 Å². The molecule has 2 rings (SSSR count). The third-order valence-electron chi connectivity index (χ3n) is 3.64. The third kappa shape index (κ3) is 4.83. The molecule has 0 aliphatic rings. The van der Waals surface area contributed by atoms with Gasteiger partial charge in [-0.1, -0.05) is 18.7 Å². The zero-order valence-electron chi connectivity index (χ0n) is 14.9. The van der Waals surface area contributed by atoms with Gasteiger partial charge in [-0.15, -0.1) is 0 Å².